The molecular formula is C12H12F3N. The molecule has 1 fully saturated rings. The number of piperidine rings is 1. The standard InChI is InChI=1S/C12H12F3N/c13-12(14,15)9-1-2-10-7-3-8(6-16-5-7)11(10)4-9/h1-2,4,7-8,16H,3,5-6H2/t7-,8-/m0/s1. The summed E-state index contributed by atoms with van der Waals surface area (Å²) in [7, 11) is 0. The van der Waals surface area contributed by atoms with E-state index in [1.54, 1.807) is 6.07 Å². The Morgan fingerprint density at radius 1 is 1.06 bits per heavy atom. The quantitative estimate of drug-likeness (QED) is 0.718. The van der Waals surface area contributed by atoms with Gasteiger partial charge in [0.15, 0.2) is 0 Å². The Kier molecular flexibility index (Phi) is 2.05. The molecule has 1 saturated heterocycles. The van der Waals surface area contributed by atoms with E-state index in [0.717, 1.165) is 30.6 Å². The molecule has 2 atom stereocenters. The summed E-state index contributed by atoms with van der Waals surface area (Å²) in [6, 6.07) is 4.21. The Labute approximate surface area is 91.7 Å². The first-order valence-electron chi connectivity index (χ1n) is 5.47. The summed E-state index contributed by atoms with van der Waals surface area (Å²) < 4.78 is 37.8. The zero-order valence-electron chi connectivity index (χ0n) is 8.64. The molecule has 1 nitrogen and oxygen atoms in total. The van der Waals surface area contributed by atoms with Crippen LogP contribution in [0.3, 0.4) is 0 Å². The maximum Gasteiger partial charge on any atom is 0.416 e. The van der Waals surface area contributed by atoms with Crippen LogP contribution in [0, 0.1) is 0 Å². The van der Waals surface area contributed by atoms with Crippen molar-refractivity contribution in [2.24, 2.45) is 0 Å². The van der Waals surface area contributed by atoms with Gasteiger partial charge < -0.3 is 5.32 Å². The van der Waals surface area contributed by atoms with Crippen LogP contribution in [-0.4, -0.2) is 13.1 Å². The van der Waals surface area contributed by atoms with Crippen LogP contribution in [0.5, 0.6) is 0 Å². The van der Waals surface area contributed by atoms with Gasteiger partial charge in [-0.3, -0.25) is 0 Å². The first-order chi connectivity index (χ1) is 7.55. The van der Waals surface area contributed by atoms with Crippen LogP contribution in [0.15, 0.2) is 18.2 Å². The average Bonchev–Trinajstić information content (AvgIpc) is 2.50. The number of fused-ring (bicyclic) bond motifs is 5. The lowest BCUT2D eigenvalue weighted by atomic mass is 9.98. The van der Waals surface area contributed by atoms with Crippen LogP contribution in [0.25, 0.3) is 0 Å². The lowest BCUT2D eigenvalue weighted by Crippen LogP contribution is -2.28. The van der Waals surface area contributed by atoms with Crippen molar-refractivity contribution < 1.29 is 13.2 Å². The van der Waals surface area contributed by atoms with E-state index >= 15 is 0 Å². The van der Waals surface area contributed by atoms with Gasteiger partial charge in [-0.15, -0.1) is 0 Å². The third-order valence-corrected chi connectivity index (χ3v) is 3.64. The monoisotopic (exact) mass is 227 g/mol. The van der Waals surface area contributed by atoms with Crippen LogP contribution >= 0.6 is 0 Å². The summed E-state index contributed by atoms with van der Waals surface area (Å²) in [6.07, 6.45) is -3.22. The van der Waals surface area contributed by atoms with Gasteiger partial charge in [-0.25, -0.2) is 0 Å². The molecule has 0 aromatic heterocycles. The van der Waals surface area contributed by atoms with Crippen LogP contribution in [0.4, 0.5) is 13.2 Å². The lowest BCUT2D eigenvalue weighted by molar-refractivity contribution is -0.137. The fraction of sp³-hybridized carbons (Fsp3) is 0.500. The van der Waals surface area contributed by atoms with Gasteiger partial charge in [0.1, 0.15) is 0 Å². The molecule has 0 spiro atoms. The lowest BCUT2D eigenvalue weighted by Gasteiger charge is -2.19. The van der Waals surface area contributed by atoms with Crippen molar-refractivity contribution in [2.75, 3.05) is 13.1 Å². The smallest absolute Gasteiger partial charge is 0.316 e. The van der Waals surface area contributed by atoms with Gasteiger partial charge in [0.2, 0.25) is 0 Å². The average molecular weight is 227 g/mol. The molecule has 1 N–H and O–H groups in total. The van der Waals surface area contributed by atoms with Crippen molar-refractivity contribution in [2.45, 2.75) is 24.4 Å². The molecule has 0 radical (unpaired) electrons. The van der Waals surface area contributed by atoms with Crippen LogP contribution in [-0.2, 0) is 6.18 Å². The van der Waals surface area contributed by atoms with Crippen molar-refractivity contribution in [1.82, 2.24) is 5.32 Å². The zero-order chi connectivity index (χ0) is 11.3. The molecule has 16 heavy (non-hydrogen) atoms. The van der Waals surface area contributed by atoms with E-state index in [1.165, 1.54) is 12.1 Å². The number of nitrogens with one attached hydrogen (secondary N) is 1. The zero-order valence-corrected chi connectivity index (χ0v) is 8.64. The Balaban J connectivity index is 2.07. The number of hydrogen-bond donors (Lipinski definition) is 1. The molecule has 1 aromatic rings. The first kappa shape index (κ1) is 10.1. The molecule has 0 amide bonds. The second-order valence-electron chi connectivity index (χ2n) is 4.63. The fourth-order valence-corrected chi connectivity index (χ4v) is 2.89. The normalized spacial score (nSPS) is 27.9. The van der Waals surface area contributed by atoms with Crippen molar-refractivity contribution in [3.63, 3.8) is 0 Å². The van der Waals surface area contributed by atoms with Crippen LogP contribution < -0.4 is 5.32 Å². The number of hydrogen-bond acceptors (Lipinski definition) is 1. The maximum absolute atomic E-state index is 12.6. The second-order valence-corrected chi connectivity index (χ2v) is 4.63. The minimum atomic E-state index is -4.22. The Morgan fingerprint density at radius 2 is 1.75 bits per heavy atom. The van der Waals surface area contributed by atoms with Gasteiger partial charge in [0, 0.05) is 13.1 Å². The third-order valence-electron chi connectivity index (χ3n) is 3.64. The van der Waals surface area contributed by atoms with E-state index in [0.29, 0.717) is 5.92 Å². The molecule has 86 valence electrons. The summed E-state index contributed by atoms with van der Waals surface area (Å²) >= 11 is 0. The number of rotatable bonds is 0. The minimum Gasteiger partial charge on any atom is -0.316 e. The van der Waals surface area contributed by atoms with Crippen molar-refractivity contribution >= 4 is 0 Å². The third kappa shape index (κ3) is 1.44. The largest absolute Gasteiger partial charge is 0.416 e. The summed E-state index contributed by atoms with van der Waals surface area (Å²) in [5, 5.41) is 3.27. The second kappa shape index (κ2) is 3.23. The predicted octanol–water partition coefficient (Wildman–Crippen LogP) is 2.88. The number of benzene rings is 1. The Bertz CT molecular complexity index is 425. The Morgan fingerprint density at radius 3 is 2.44 bits per heavy atom. The maximum atomic E-state index is 12.6. The van der Waals surface area contributed by atoms with Gasteiger partial charge in [-0.1, -0.05) is 6.07 Å². The number of alkyl halides is 3. The van der Waals surface area contributed by atoms with Crippen LogP contribution in [0.2, 0.25) is 0 Å². The topological polar surface area (TPSA) is 12.0 Å². The SMILES string of the molecule is FC(F)(F)c1ccc2c(c1)[C@@H]1CNC[C@@H]2C1. The molecule has 0 saturated carbocycles. The highest BCUT2D eigenvalue weighted by molar-refractivity contribution is 5.43. The van der Waals surface area contributed by atoms with E-state index in [4.69, 9.17) is 0 Å². The fourth-order valence-electron chi connectivity index (χ4n) is 2.89. The van der Waals surface area contributed by atoms with Gasteiger partial charge in [0.05, 0.1) is 5.56 Å². The molecule has 2 bridgehead atoms. The van der Waals surface area contributed by atoms with E-state index in [-0.39, 0.29) is 5.92 Å². The summed E-state index contributed by atoms with van der Waals surface area (Å²) in [4.78, 5) is 0. The number of halogens is 3. The van der Waals surface area contributed by atoms with Crippen molar-refractivity contribution in [1.29, 1.82) is 0 Å². The summed E-state index contributed by atoms with van der Waals surface area (Å²) in [5.74, 6) is 0.687. The van der Waals surface area contributed by atoms with Gasteiger partial charge in [-0.05, 0) is 41.5 Å². The molecule has 3 rings (SSSR count). The summed E-state index contributed by atoms with van der Waals surface area (Å²) in [6.45, 7) is 1.71. The van der Waals surface area contributed by atoms with Crippen molar-refractivity contribution in [3.05, 3.63) is 34.9 Å². The first-order valence-corrected chi connectivity index (χ1v) is 5.47. The predicted molar refractivity (Wildman–Crippen MR) is 54.4 cm³/mol. The van der Waals surface area contributed by atoms with E-state index < -0.39 is 11.7 Å². The highest BCUT2D eigenvalue weighted by Gasteiger charge is 2.37. The molecule has 1 heterocycles. The highest BCUT2D eigenvalue weighted by atomic mass is 19.4. The van der Waals surface area contributed by atoms with Crippen molar-refractivity contribution in [3.8, 4) is 0 Å². The molecular weight excluding hydrogens is 215 g/mol. The molecule has 2 aliphatic rings. The molecule has 1 aliphatic carbocycles. The minimum absolute atomic E-state index is 0.274. The van der Waals surface area contributed by atoms with E-state index in [9.17, 15) is 13.2 Å². The van der Waals surface area contributed by atoms with Gasteiger partial charge in [-0.2, -0.15) is 13.2 Å². The Hall–Kier alpha value is -1.03. The van der Waals surface area contributed by atoms with Gasteiger partial charge >= 0.3 is 6.18 Å². The summed E-state index contributed by atoms with van der Waals surface area (Å²) in [5.41, 5.74) is 1.51. The highest BCUT2D eigenvalue weighted by Crippen LogP contribution is 2.45. The molecule has 4 heteroatoms. The van der Waals surface area contributed by atoms with Gasteiger partial charge in [0.25, 0.3) is 0 Å². The molecule has 1 aliphatic heterocycles. The van der Waals surface area contributed by atoms with Crippen LogP contribution in [0.1, 0.15) is 34.9 Å². The van der Waals surface area contributed by atoms with E-state index in [1.807, 2.05) is 0 Å². The molecule has 1 aromatic carbocycles. The molecule has 0 unspecified atom stereocenters. The van der Waals surface area contributed by atoms with E-state index in [2.05, 4.69) is 5.32 Å².